The standard InChI is InChI=1S/C14H18O2/c1-3-16-13(15)7-11-10-5-4-9-6-12(11)14(10)8(9)2/h7,9-10,12,14H,2-6H2,1H3/t9-,10+,12-,14+/m0/s1. The molecule has 0 spiro atoms. The zero-order valence-corrected chi connectivity index (χ0v) is 9.74. The van der Waals surface area contributed by atoms with Gasteiger partial charge in [0.05, 0.1) is 6.61 Å². The van der Waals surface area contributed by atoms with E-state index in [1.807, 2.05) is 6.92 Å². The molecule has 0 aliphatic heterocycles. The number of hydrogen-bond acceptors (Lipinski definition) is 2. The van der Waals surface area contributed by atoms with Crippen LogP contribution in [0.1, 0.15) is 26.2 Å². The highest BCUT2D eigenvalue weighted by Crippen LogP contribution is 2.65. The lowest BCUT2D eigenvalue weighted by atomic mass is 9.59. The van der Waals surface area contributed by atoms with Gasteiger partial charge in [-0.2, -0.15) is 0 Å². The van der Waals surface area contributed by atoms with E-state index in [9.17, 15) is 4.79 Å². The van der Waals surface area contributed by atoms with Gasteiger partial charge in [-0.05, 0) is 49.9 Å². The molecule has 0 heterocycles. The zero-order valence-electron chi connectivity index (χ0n) is 9.74. The van der Waals surface area contributed by atoms with Gasteiger partial charge in [0.1, 0.15) is 0 Å². The lowest BCUT2D eigenvalue weighted by Crippen LogP contribution is -2.38. The number of rotatable bonds is 2. The fraction of sp³-hybridized carbons (Fsp3) is 0.643. The van der Waals surface area contributed by atoms with Crippen molar-refractivity contribution in [2.75, 3.05) is 6.61 Å². The highest BCUT2D eigenvalue weighted by atomic mass is 16.5. The van der Waals surface area contributed by atoms with E-state index < -0.39 is 0 Å². The number of carbonyl (C=O) groups is 1. The first-order valence-corrected chi connectivity index (χ1v) is 6.29. The summed E-state index contributed by atoms with van der Waals surface area (Å²) in [5.41, 5.74) is 2.81. The fourth-order valence-electron chi connectivity index (χ4n) is 3.95. The molecule has 2 bridgehead atoms. The van der Waals surface area contributed by atoms with Crippen molar-refractivity contribution < 1.29 is 9.53 Å². The van der Waals surface area contributed by atoms with Crippen molar-refractivity contribution in [1.29, 1.82) is 0 Å². The third kappa shape index (κ3) is 1.22. The van der Waals surface area contributed by atoms with Crippen LogP contribution in [0.5, 0.6) is 0 Å². The smallest absolute Gasteiger partial charge is 0.330 e. The van der Waals surface area contributed by atoms with Gasteiger partial charge in [-0.25, -0.2) is 4.79 Å². The van der Waals surface area contributed by atoms with Crippen LogP contribution in [0.15, 0.2) is 23.8 Å². The average Bonchev–Trinajstić information content (AvgIpc) is 2.46. The Morgan fingerprint density at radius 1 is 1.50 bits per heavy atom. The van der Waals surface area contributed by atoms with Crippen molar-refractivity contribution in [3.05, 3.63) is 23.8 Å². The Kier molecular flexibility index (Phi) is 2.20. The van der Waals surface area contributed by atoms with Crippen LogP contribution in [0.4, 0.5) is 0 Å². The molecule has 0 aromatic heterocycles. The summed E-state index contributed by atoms with van der Waals surface area (Å²) in [6.45, 7) is 6.55. The predicted octanol–water partition coefficient (Wildman–Crippen LogP) is 2.71. The Morgan fingerprint density at radius 2 is 2.31 bits per heavy atom. The van der Waals surface area contributed by atoms with Crippen LogP contribution in [-0.2, 0) is 9.53 Å². The second-order valence-electron chi connectivity index (χ2n) is 5.22. The zero-order chi connectivity index (χ0) is 11.3. The van der Waals surface area contributed by atoms with E-state index >= 15 is 0 Å². The molecular formula is C14H18O2. The largest absolute Gasteiger partial charge is 0.463 e. The van der Waals surface area contributed by atoms with Crippen LogP contribution in [0.25, 0.3) is 0 Å². The van der Waals surface area contributed by atoms with Crippen molar-refractivity contribution in [3.8, 4) is 0 Å². The second-order valence-corrected chi connectivity index (χ2v) is 5.22. The summed E-state index contributed by atoms with van der Waals surface area (Å²) in [4.78, 5) is 11.5. The van der Waals surface area contributed by atoms with Crippen LogP contribution in [0.2, 0.25) is 0 Å². The van der Waals surface area contributed by atoms with Gasteiger partial charge in [0.15, 0.2) is 0 Å². The third-order valence-corrected chi connectivity index (χ3v) is 4.61. The third-order valence-electron chi connectivity index (χ3n) is 4.61. The van der Waals surface area contributed by atoms with Crippen molar-refractivity contribution in [2.24, 2.45) is 23.7 Å². The lowest BCUT2D eigenvalue weighted by Gasteiger charge is -2.45. The van der Waals surface area contributed by atoms with Crippen molar-refractivity contribution in [2.45, 2.75) is 26.2 Å². The van der Waals surface area contributed by atoms with E-state index in [2.05, 4.69) is 6.58 Å². The minimum atomic E-state index is -0.156. The van der Waals surface area contributed by atoms with Crippen LogP contribution in [0.3, 0.4) is 0 Å². The Balaban J connectivity index is 1.81. The highest BCUT2D eigenvalue weighted by molar-refractivity contribution is 5.83. The molecule has 2 heteroatoms. The summed E-state index contributed by atoms with van der Waals surface area (Å²) in [7, 11) is 0. The molecule has 0 saturated heterocycles. The monoisotopic (exact) mass is 218 g/mol. The van der Waals surface area contributed by atoms with Gasteiger partial charge in [0.2, 0.25) is 0 Å². The minimum Gasteiger partial charge on any atom is -0.463 e. The molecule has 0 N–H and O–H groups in total. The molecule has 4 atom stereocenters. The molecule has 0 aromatic carbocycles. The topological polar surface area (TPSA) is 26.3 Å². The summed E-state index contributed by atoms with van der Waals surface area (Å²) >= 11 is 0. The molecular weight excluding hydrogens is 200 g/mol. The SMILES string of the molecule is C=C1[C@H]2CC[C@@H]3C(=CC(=O)OCC)[C@H](C2)[C@H]13. The number of ether oxygens (including phenoxy) is 1. The van der Waals surface area contributed by atoms with Gasteiger partial charge >= 0.3 is 5.97 Å². The van der Waals surface area contributed by atoms with Gasteiger partial charge in [0, 0.05) is 6.08 Å². The van der Waals surface area contributed by atoms with E-state index in [4.69, 9.17) is 4.74 Å². The molecule has 0 radical (unpaired) electrons. The number of esters is 1. The van der Waals surface area contributed by atoms with E-state index in [-0.39, 0.29) is 5.97 Å². The number of carbonyl (C=O) groups excluding carboxylic acids is 1. The molecule has 3 saturated carbocycles. The maximum absolute atomic E-state index is 11.5. The maximum atomic E-state index is 11.5. The maximum Gasteiger partial charge on any atom is 0.330 e. The van der Waals surface area contributed by atoms with E-state index in [0.29, 0.717) is 24.4 Å². The normalized spacial score (nSPS) is 42.1. The predicted molar refractivity (Wildman–Crippen MR) is 61.7 cm³/mol. The van der Waals surface area contributed by atoms with Crippen LogP contribution < -0.4 is 0 Å². The van der Waals surface area contributed by atoms with Crippen molar-refractivity contribution >= 4 is 5.97 Å². The molecule has 86 valence electrons. The Morgan fingerprint density at radius 3 is 3.06 bits per heavy atom. The minimum absolute atomic E-state index is 0.156. The first kappa shape index (κ1) is 10.1. The van der Waals surface area contributed by atoms with Gasteiger partial charge in [-0.3, -0.25) is 0 Å². The number of allylic oxidation sites excluding steroid dienone is 2. The second kappa shape index (κ2) is 3.47. The quantitative estimate of drug-likeness (QED) is 0.404. The summed E-state index contributed by atoms with van der Waals surface area (Å²) in [5, 5.41) is 0. The molecule has 2 nitrogen and oxygen atoms in total. The molecule has 16 heavy (non-hydrogen) atoms. The molecule has 3 aliphatic carbocycles. The van der Waals surface area contributed by atoms with Gasteiger partial charge in [-0.1, -0.05) is 17.7 Å². The summed E-state index contributed by atoms with van der Waals surface area (Å²) in [6, 6.07) is 0. The van der Waals surface area contributed by atoms with Gasteiger partial charge < -0.3 is 4.74 Å². The Bertz CT molecular complexity index is 372. The Hall–Kier alpha value is -1.05. The van der Waals surface area contributed by atoms with Crippen LogP contribution >= 0.6 is 0 Å². The summed E-state index contributed by atoms with van der Waals surface area (Å²) < 4.78 is 4.99. The van der Waals surface area contributed by atoms with Gasteiger partial charge in [0.25, 0.3) is 0 Å². The molecule has 3 fully saturated rings. The van der Waals surface area contributed by atoms with E-state index in [0.717, 1.165) is 5.92 Å². The van der Waals surface area contributed by atoms with Crippen molar-refractivity contribution in [1.82, 2.24) is 0 Å². The van der Waals surface area contributed by atoms with Gasteiger partial charge in [-0.15, -0.1) is 0 Å². The summed E-state index contributed by atoms with van der Waals surface area (Å²) in [6.07, 6.45) is 5.51. The van der Waals surface area contributed by atoms with Crippen LogP contribution in [-0.4, -0.2) is 12.6 Å². The van der Waals surface area contributed by atoms with E-state index in [1.165, 1.54) is 30.4 Å². The Labute approximate surface area is 96.4 Å². The molecule has 0 amide bonds. The lowest BCUT2D eigenvalue weighted by molar-refractivity contribution is -0.137. The first-order valence-electron chi connectivity index (χ1n) is 6.29. The van der Waals surface area contributed by atoms with Crippen LogP contribution in [0, 0.1) is 23.7 Å². The molecule has 3 aliphatic rings. The molecule has 0 unspecified atom stereocenters. The summed E-state index contributed by atoms with van der Waals surface area (Å²) in [5.74, 6) is 2.51. The fourth-order valence-corrected chi connectivity index (χ4v) is 3.95. The van der Waals surface area contributed by atoms with Crippen molar-refractivity contribution in [3.63, 3.8) is 0 Å². The number of fused-ring (bicyclic) bond motifs is 1. The first-order chi connectivity index (χ1) is 7.72. The highest BCUT2D eigenvalue weighted by Gasteiger charge is 2.56. The molecule has 0 aromatic rings. The van der Waals surface area contributed by atoms with E-state index in [1.54, 1.807) is 6.08 Å². The molecule has 3 rings (SSSR count). The number of hydrogen-bond donors (Lipinski definition) is 0. The average molecular weight is 218 g/mol.